The van der Waals surface area contributed by atoms with Crippen molar-refractivity contribution in [2.45, 2.75) is 12.7 Å². The highest BCUT2D eigenvalue weighted by molar-refractivity contribution is 6.30. The first-order valence-corrected chi connectivity index (χ1v) is 9.01. The van der Waals surface area contributed by atoms with Gasteiger partial charge in [-0.05, 0) is 42.5 Å². The summed E-state index contributed by atoms with van der Waals surface area (Å²) in [5.41, 5.74) is 0.182. The highest BCUT2D eigenvalue weighted by atomic mass is 35.5. The lowest BCUT2D eigenvalue weighted by atomic mass is 10.2. The summed E-state index contributed by atoms with van der Waals surface area (Å²) in [6.07, 6.45) is -4.44. The maximum absolute atomic E-state index is 12.6. The Bertz CT molecular complexity index is 904. The summed E-state index contributed by atoms with van der Waals surface area (Å²) >= 11 is 5.98. The van der Waals surface area contributed by atoms with Gasteiger partial charge in [0.15, 0.2) is 6.61 Å². The highest BCUT2D eigenvalue weighted by Gasteiger charge is 2.30. The number of carbonyl (C=O) groups is 2. The van der Waals surface area contributed by atoms with Crippen molar-refractivity contribution in [3.63, 3.8) is 0 Å². The molecule has 0 unspecified atom stereocenters. The van der Waals surface area contributed by atoms with Crippen LogP contribution in [0, 0.1) is 0 Å². The number of rotatable bonds is 4. The molecule has 1 heterocycles. The molecule has 10 heteroatoms. The van der Waals surface area contributed by atoms with Crippen LogP contribution in [0.15, 0.2) is 42.5 Å². The number of nitrogens with one attached hydrogen (secondary N) is 2. The van der Waals surface area contributed by atoms with Crippen LogP contribution in [0.4, 0.5) is 23.7 Å². The summed E-state index contributed by atoms with van der Waals surface area (Å²) in [4.78, 5) is 25.7. The molecule has 0 fully saturated rings. The number of fused-ring (bicyclic) bond motifs is 1. The number of hydrogen-bond acceptors (Lipinski definition) is 3. The van der Waals surface area contributed by atoms with E-state index >= 15 is 0 Å². The third kappa shape index (κ3) is 5.54. The maximum Gasteiger partial charge on any atom is 0.416 e. The van der Waals surface area contributed by atoms with E-state index in [-0.39, 0.29) is 37.8 Å². The zero-order valence-corrected chi connectivity index (χ0v) is 15.8. The number of anilines is 1. The molecule has 0 atom stereocenters. The Labute approximate surface area is 169 Å². The van der Waals surface area contributed by atoms with Gasteiger partial charge in [-0.25, -0.2) is 4.79 Å². The van der Waals surface area contributed by atoms with Crippen LogP contribution in [0.2, 0.25) is 5.02 Å². The topological polar surface area (TPSA) is 70.7 Å². The molecule has 2 N–H and O–H groups in total. The summed E-state index contributed by atoms with van der Waals surface area (Å²) in [5.74, 6) is 0.348. The Kier molecular flexibility index (Phi) is 6.17. The third-order valence-corrected chi connectivity index (χ3v) is 4.46. The lowest BCUT2D eigenvalue weighted by molar-refractivity contribution is -0.137. The second kappa shape index (κ2) is 8.60. The van der Waals surface area contributed by atoms with E-state index in [0.29, 0.717) is 10.8 Å². The molecule has 0 saturated heterocycles. The van der Waals surface area contributed by atoms with Gasteiger partial charge in [-0.1, -0.05) is 11.6 Å². The van der Waals surface area contributed by atoms with Gasteiger partial charge >= 0.3 is 12.2 Å². The van der Waals surface area contributed by atoms with Crippen LogP contribution in [0.1, 0.15) is 11.1 Å². The number of alkyl halides is 3. The Hall–Kier alpha value is -2.94. The van der Waals surface area contributed by atoms with Gasteiger partial charge in [-0.15, -0.1) is 0 Å². The number of nitrogens with zero attached hydrogens (tertiary/aromatic N) is 1. The highest BCUT2D eigenvalue weighted by Crippen LogP contribution is 2.30. The Morgan fingerprint density at radius 3 is 2.59 bits per heavy atom. The van der Waals surface area contributed by atoms with Crippen LogP contribution in [-0.2, 0) is 17.5 Å². The number of urea groups is 1. The van der Waals surface area contributed by atoms with E-state index in [1.54, 1.807) is 18.2 Å². The molecule has 6 nitrogen and oxygen atoms in total. The molecule has 0 spiro atoms. The predicted molar refractivity (Wildman–Crippen MR) is 101 cm³/mol. The molecule has 0 aliphatic carbocycles. The zero-order valence-electron chi connectivity index (χ0n) is 15.1. The van der Waals surface area contributed by atoms with Crippen molar-refractivity contribution in [2.75, 3.05) is 25.0 Å². The van der Waals surface area contributed by atoms with Crippen molar-refractivity contribution in [3.8, 4) is 5.75 Å². The molecule has 0 radical (unpaired) electrons. The average molecular weight is 428 g/mol. The number of hydrogen-bond donors (Lipinski definition) is 2. The summed E-state index contributed by atoms with van der Waals surface area (Å²) in [6.45, 7) is 0.548. The first-order chi connectivity index (χ1) is 13.7. The van der Waals surface area contributed by atoms with Gasteiger partial charge in [0.25, 0.3) is 5.91 Å². The Morgan fingerprint density at radius 1 is 1.17 bits per heavy atom. The Balaban J connectivity index is 1.51. The molecule has 29 heavy (non-hydrogen) atoms. The fourth-order valence-corrected chi connectivity index (χ4v) is 2.96. The summed E-state index contributed by atoms with van der Waals surface area (Å²) in [5, 5.41) is 5.53. The van der Waals surface area contributed by atoms with Crippen molar-refractivity contribution in [3.05, 3.63) is 58.6 Å². The van der Waals surface area contributed by atoms with Crippen molar-refractivity contribution in [1.82, 2.24) is 10.2 Å². The number of amides is 3. The predicted octanol–water partition coefficient (Wildman–Crippen LogP) is 3.90. The second-order valence-corrected chi connectivity index (χ2v) is 6.75. The lowest BCUT2D eigenvalue weighted by Gasteiger charge is -2.20. The van der Waals surface area contributed by atoms with Crippen LogP contribution < -0.4 is 15.4 Å². The molecule has 0 bridgehead atoms. The van der Waals surface area contributed by atoms with Crippen LogP contribution in [0.25, 0.3) is 0 Å². The standard InChI is InChI=1S/C19H17ClF3N3O3/c20-14-3-6-16-12(9-14)10-26(17(27)11-29-16)8-7-24-18(28)25-15-4-1-13(2-5-15)19(21,22)23/h1-6,9H,7-8,10-11H2,(H2,24,25,28). The third-order valence-electron chi connectivity index (χ3n) is 4.22. The van der Waals surface area contributed by atoms with E-state index in [9.17, 15) is 22.8 Å². The maximum atomic E-state index is 12.6. The van der Waals surface area contributed by atoms with E-state index in [4.69, 9.17) is 16.3 Å². The quantitative estimate of drug-likeness (QED) is 0.777. The van der Waals surface area contributed by atoms with Gasteiger partial charge in [0.05, 0.1) is 5.56 Å². The molecule has 3 amide bonds. The molecular weight excluding hydrogens is 411 g/mol. The van der Waals surface area contributed by atoms with Gasteiger partial charge in [0.1, 0.15) is 5.75 Å². The van der Waals surface area contributed by atoms with Gasteiger partial charge in [-0.2, -0.15) is 13.2 Å². The lowest BCUT2D eigenvalue weighted by Crippen LogP contribution is -2.40. The van der Waals surface area contributed by atoms with Gasteiger partial charge in [0.2, 0.25) is 0 Å². The summed E-state index contributed by atoms with van der Waals surface area (Å²) in [6, 6.07) is 8.59. The molecule has 2 aromatic rings. The minimum atomic E-state index is -4.44. The first kappa shape index (κ1) is 20.8. The average Bonchev–Trinajstić information content (AvgIpc) is 2.80. The van der Waals surface area contributed by atoms with Crippen LogP contribution in [0.5, 0.6) is 5.75 Å². The molecule has 154 valence electrons. The van der Waals surface area contributed by atoms with E-state index < -0.39 is 17.8 Å². The largest absolute Gasteiger partial charge is 0.483 e. The smallest absolute Gasteiger partial charge is 0.416 e. The minimum absolute atomic E-state index is 0.119. The summed E-state index contributed by atoms with van der Waals surface area (Å²) in [7, 11) is 0. The minimum Gasteiger partial charge on any atom is -0.483 e. The van der Waals surface area contributed by atoms with Gasteiger partial charge in [0, 0.05) is 35.9 Å². The van der Waals surface area contributed by atoms with Crippen molar-refractivity contribution >= 4 is 29.2 Å². The number of halogens is 4. The number of benzene rings is 2. The normalized spacial score (nSPS) is 13.9. The van der Waals surface area contributed by atoms with Crippen molar-refractivity contribution < 1.29 is 27.5 Å². The monoisotopic (exact) mass is 427 g/mol. The number of carbonyl (C=O) groups excluding carboxylic acids is 2. The van der Waals surface area contributed by atoms with E-state index in [1.807, 2.05) is 0 Å². The SMILES string of the molecule is O=C(NCCN1Cc2cc(Cl)ccc2OCC1=O)Nc1ccc(C(F)(F)F)cc1. The van der Waals surface area contributed by atoms with Crippen LogP contribution in [-0.4, -0.2) is 36.5 Å². The zero-order chi connectivity index (χ0) is 21.0. The van der Waals surface area contributed by atoms with Gasteiger partial charge in [-0.3, -0.25) is 4.79 Å². The van der Waals surface area contributed by atoms with E-state index in [2.05, 4.69) is 10.6 Å². The molecular formula is C19H17ClF3N3O3. The van der Waals surface area contributed by atoms with Crippen LogP contribution in [0.3, 0.4) is 0 Å². The molecule has 1 aliphatic heterocycles. The molecule has 2 aromatic carbocycles. The van der Waals surface area contributed by atoms with Crippen molar-refractivity contribution in [2.24, 2.45) is 0 Å². The van der Waals surface area contributed by atoms with Crippen molar-refractivity contribution in [1.29, 1.82) is 0 Å². The number of ether oxygens (including phenoxy) is 1. The molecule has 3 rings (SSSR count). The van der Waals surface area contributed by atoms with Crippen LogP contribution >= 0.6 is 11.6 Å². The van der Waals surface area contributed by atoms with E-state index in [0.717, 1.165) is 17.7 Å². The fraction of sp³-hybridized carbons (Fsp3) is 0.263. The Morgan fingerprint density at radius 2 is 1.90 bits per heavy atom. The van der Waals surface area contributed by atoms with E-state index in [1.165, 1.54) is 17.0 Å². The first-order valence-electron chi connectivity index (χ1n) is 8.63. The molecule has 0 saturated carbocycles. The second-order valence-electron chi connectivity index (χ2n) is 6.31. The summed E-state index contributed by atoms with van der Waals surface area (Å²) < 4.78 is 43.1. The van der Waals surface area contributed by atoms with Gasteiger partial charge < -0.3 is 20.3 Å². The molecule has 1 aliphatic rings. The fourth-order valence-electron chi connectivity index (χ4n) is 2.76. The molecule has 0 aromatic heterocycles.